The Morgan fingerprint density at radius 3 is 2.32 bits per heavy atom. The summed E-state index contributed by atoms with van der Waals surface area (Å²) in [4.78, 5) is 29.8. The monoisotopic (exact) mass is 381 g/mol. The second-order valence-electron chi connectivity index (χ2n) is 6.96. The van der Waals surface area contributed by atoms with Crippen LogP contribution in [0.15, 0.2) is 54.6 Å². The minimum absolute atomic E-state index is 0.0546. The van der Waals surface area contributed by atoms with E-state index >= 15 is 0 Å². The molecule has 148 valence electrons. The van der Waals surface area contributed by atoms with Crippen LogP contribution in [0.4, 0.5) is 5.69 Å². The lowest BCUT2D eigenvalue weighted by Crippen LogP contribution is -2.47. The fourth-order valence-electron chi connectivity index (χ4n) is 3.16. The molecule has 1 N–H and O–H groups in total. The van der Waals surface area contributed by atoms with E-state index in [-0.39, 0.29) is 11.8 Å². The second-order valence-corrected chi connectivity index (χ2v) is 6.96. The van der Waals surface area contributed by atoms with Gasteiger partial charge < -0.3 is 19.9 Å². The first kappa shape index (κ1) is 19.9. The Kier molecular flexibility index (Phi) is 6.66. The van der Waals surface area contributed by atoms with E-state index in [4.69, 9.17) is 4.74 Å². The largest absolute Gasteiger partial charge is 0.481 e. The predicted octanol–water partition coefficient (Wildman–Crippen LogP) is 2.87. The molecule has 1 saturated heterocycles. The molecule has 2 aromatic rings. The van der Waals surface area contributed by atoms with Crippen molar-refractivity contribution in [1.29, 1.82) is 0 Å². The number of anilines is 1. The SMILES string of the molecule is CC[C@H](Oc1ccccc1)C(=O)Nc1ccccc1C(=O)N1CCN(C)CC1. The average Bonchev–Trinajstić information content (AvgIpc) is 2.73. The Labute approximate surface area is 166 Å². The van der Waals surface area contributed by atoms with Crippen molar-refractivity contribution < 1.29 is 14.3 Å². The van der Waals surface area contributed by atoms with Crippen molar-refractivity contribution in [1.82, 2.24) is 9.80 Å². The third-order valence-corrected chi connectivity index (χ3v) is 4.89. The van der Waals surface area contributed by atoms with Crippen LogP contribution in [0.3, 0.4) is 0 Å². The first-order valence-corrected chi connectivity index (χ1v) is 9.68. The van der Waals surface area contributed by atoms with E-state index in [1.165, 1.54) is 0 Å². The lowest BCUT2D eigenvalue weighted by Gasteiger charge is -2.32. The van der Waals surface area contributed by atoms with Crippen molar-refractivity contribution >= 4 is 17.5 Å². The minimum Gasteiger partial charge on any atom is -0.481 e. The Bertz CT molecular complexity index is 802. The summed E-state index contributed by atoms with van der Waals surface area (Å²) in [5.74, 6) is 0.331. The molecule has 1 aliphatic rings. The van der Waals surface area contributed by atoms with Crippen LogP contribution in [-0.2, 0) is 4.79 Å². The van der Waals surface area contributed by atoms with E-state index in [1.54, 1.807) is 12.1 Å². The number of rotatable bonds is 6. The lowest BCUT2D eigenvalue weighted by molar-refractivity contribution is -0.122. The topological polar surface area (TPSA) is 61.9 Å². The Morgan fingerprint density at radius 2 is 1.64 bits per heavy atom. The van der Waals surface area contributed by atoms with Gasteiger partial charge in [-0.1, -0.05) is 37.3 Å². The fourth-order valence-corrected chi connectivity index (χ4v) is 3.16. The van der Waals surface area contributed by atoms with Gasteiger partial charge in [0, 0.05) is 26.2 Å². The Morgan fingerprint density at radius 1 is 1.00 bits per heavy atom. The number of amides is 2. The molecule has 0 radical (unpaired) electrons. The molecule has 0 aromatic heterocycles. The van der Waals surface area contributed by atoms with Crippen LogP contribution in [-0.4, -0.2) is 60.9 Å². The fraction of sp³-hybridized carbons (Fsp3) is 0.364. The molecule has 1 heterocycles. The highest BCUT2D eigenvalue weighted by Crippen LogP contribution is 2.20. The number of likely N-dealkylation sites (N-methyl/N-ethyl adjacent to an activating group) is 1. The second kappa shape index (κ2) is 9.37. The molecular weight excluding hydrogens is 354 g/mol. The number of carbonyl (C=O) groups is 2. The van der Waals surface area contributed by atoms with Crippen molar-refractivity contribution in [3.05, 3.63) is 60.2 Å². The molecule has 0 saturated carbocycles. The Balaban J connectivity index is 1.71. The number of benzene rings is 2. The highest BCUT2D eigenvalue weighted by atomic mass is 16.5. The molecule has 0 spiro atoms. The first-order valence-electron chi connectivity index (χ1n) is 9.68. The van der Waals surface area contributed by atoms with Gasteiger partial charge in [-0.25, -0.2) is 0 Å². The van der Waals surface area contributed by atoms with Crippen molar-refractivity contribution in [3.63, 3.8) is 0 Å². The van der Waals surface area contributed by atoms with E-state index in [2.05, 4.69) is 10.2 Å². The maximum absolute atomic E-state index is 13.0. The molecule has 3 rings (SSSR count). The van der Waals surface area contributed by atoms with E-state index in [0.717, 1.165) is 13.1 Å². The molecule has 2 amide bonds. The van der Waals surface area contributed by atoms with Crippen LogP contribution in [0.2, 0.25) is 0 Å². The van der Waals surface area contributed by atoms with Crippen molar-refractivity contribution in [2.75, 3.05) is 38.5 Å². The molecule has 1 atom stereocenters. The van der Waals surface area contributed by atoms with Gasteiger partial charge in [0.1, 0.15) is 5.75 Å². The van der Waals surface area contributed by atoms with Crippen molar-refractivity contribution in [2.24, 2.45) is 0 Å². The van der Waals surface area contributed by atoms with Crippen LogP contribution in [0.25, 0.3) is 0 Å². The van der Waals surface area contributed by atoms with Gasteiger partial charge in [-0.3, -0.25) is 9.59 Å². The summed E-state index contributed by atoms with van der Waals surface area (Å²) in [6, 6.07) is 16.4. The minimum atomic E-state index is -0.630. The number of nitrogens with one attached hydrogen (secondary N) is 1. The molecular formula is C22H27N3O3. The average molecular weight is 381 g/mol. The standard InChI is InChI=1S/C22H27N3O3/c1-3-20(28-17-9-5-4-6-10-17)21(26)23-19-12-8-7-11-18(19)22(27)25-15-13-24(2)14-16-25/h4-12,20H,3,13-16H2,1-2H3,(H,23,26)/t20-/m0/s1. The third kappa shape index (κ3) is 4.89. The van der Waals surface area contributed by atoms with Gasteiger partial charge in [-0.2, -0.15) is 0 Å². The molecule has 0 unspecified atom stereocenters. The summed E-state index contributed by atoms with van der Waals surface area (Å²) in [7, 11) is 2.05. The van der Waals surface area contributed by atoms with Crippen molar-refractivity contribution in [3.8, 4) is 5.75 Å². The molecule has 0 bridgehead atoms. The van der Waals surface area contributed by atoms with E-state index in [9.17, 15) is 9.59 Å². The van der Waals surface area contributed by atoms with Crippen LogP contribution in [0, 0.1) is 0 Å². The number of nitrogens with zero attached hydrogens (tertiary/aromatic N) is 2. The van der Waals surface area contributed by atoms with Gasteiger partial charge >= 0.3 is 0 Å². The van der Waals surface area contributed by atoms with E-state index in [0.29, 0.717) is 36.5 Å². The highest BCUT2D eigenvalue weighted by molar-refractivity contribution is 6.04. The predicted molar refractivity (Wildman–Crippen MR) is 110 cm³/mol. The molecule has 2 aromatic carbocycles. The van der Waals surface area contributed by atoms with Gasteiger partial charge in [0.25, 0.3) is 11.8 Å². The van der Waals surface area contributed by atoms with Gasteiger partial charge in [0.15, 0.2) is 6.10 Å². The van der Waals surface area contributed by atoms with Gasteiger partial charge in [-0.15, -0.1) is 0 Å². The zero-order valence-electron chi connectivity index (χ0n) is 16.4. The van der Waals surface area contributed by atoms with Crippen LogP contribution < -0.4 is 10.1 Å². The third-order valence-electron chi connectivity index (χ3n) is 4.89. The van der Waals surface area contributed by atoms with Crippen LogP contribution >= 0.6 is 0 Å². The van der Waals surface area contributed by atoms with Crippen LogP contribution in [0.1, 0.15) is 23.7 Å². The zero-order chi connectivity index (χ0) is 19.9. The normalized spacial score (nSPS) is 15.7. The summed E-state index contributed by atoms with van der Waals surface area (Å²) >= 11 is 0. The molecule has 1 fully saturated rings. The maximum Gasteiger partial charge on any atom is 0.265 e. The van der Waals surface area contributed by atoms with Crippen LogP contribution in [0.5, 0.6) is 5.75 Å². The smallest absolute Gasteiger partial charge is 0.265 e. The number of piperazine rings is 1. The quantitative estimate of drug-likeness (QED) is 0.836. The van der Waals surface area contributed by atoms with Gasteiger partial charge in [0.2, 0.25) is 0 Å². The van der Waals surface area contributed by atoms with Gasteiger partial charge in [0.05, 0.1) is 11.3 Å². The van der Waals surface area contributed by atoms with Gasteiger partial charge in [-0.05, 0) is 37.7 Å². The molecule has 0 aliphatic carbocycles. The Hall–Kier alpha value is -2.86. The number of hydrogen-bond acceptors (Lipinski definition) is 4. The summed E-state index contributed by atoms with van der Waals surface area (Å²) < 4.78 is 5.81. The zero-order valence-corrected chi connectivity index (χ0v) is 16.4. The highest BCUT2D eigenvalue weighted by Gasteiger charge is 2.24. The summed E-state index contributed by atoms with van der Waals surface area (Å²) in [5.41, 5.74) is 1.03. The van der Waals surface area contributed by atoms with Crippen molar-refractivity contribution in [2.45, 2.75) is 19.4 Å². The van der Waals surface area contributed by atoms with E-state index in [1.807, 2.05) is 61.3 Å². The summed E-state index contributed by atoms with van der Waals surface area (Å²) in [6.07, 6.45) is -0.107. The maximum atomic E-state index is 13.0. The lowest BCUT2D eigenvalue weighted by atomic mass is 10.1. The number of carbonyl (C=O) groups excluding carboxylic acids is 2. The number of ether oxygens (including phenoxy) is 1. The molecule has 6 nitrogen and oxygen atoms in total. The summed E-state index contributed by atoms with van der Waals surface area (Å²) in [6.45, 7) is 4.97. The number of hydrogen-bond donors (Lipinski definition) is 1. The molecule has 6 heteroatoms. The molecule has 1 aliphatic heterocycles. The number of para-hydroxylation sites is 2. The summed E-state index contributed by atoms with van der Waals surface area (Å²) in [5, 5.41) is 2.89. The van der Waals surface area contributed by atoms with E-state index < -0.39 is 6.10 Å². The molecule has 28 heavy (non-hydrogen) atoms. The first-order chi connectivity index (χ1) is 13.6.